The third-order valence-corrected chi connectivity index (χ3v) is 4.47. The zero-order valence-corrected chi connectivity index (χ0v) is 12.8. The Balaban J connectivity index is 1.83. The lowest BCUT2D eigenvalue weighted by Crippen LogP contribution is -2.41. The number of rotatable bonds is 3. The molecular weight excluding hydrogens is 278 g/mol. The number of benzene rings is 1. The number of carbonyl (C=O) groups excluding carboxylic acids is 2. The molecule has 1 saturated heterocycles. The van der Waals surface area contributed by atoms with E-state index in [9.17, 15) is 9.59 Å². The maximum atomic E-state index is 12.8. The number of primary amides is 1. The number of piperidine rings is 1. The molecule has 0 aliphatic carbocycles. The van der Waals surface area contributed by atoms with Crippen LogP contribution in [-0.2, 0) is 11.8 Å². The van der Waals surface area contributed by atoms with Crippen molar-refractivity contribution < 1.29 is 9.59 Å². The molecule has 116 valence electrons. The average molecular weight is 299 g/mol. The SMILES string of the molecule is Cn1c(C(=O)N2CCCC(CC(N)=O)C2)cc2ccccc21. The summed E-state index contributed by atoms with van der Waals surface area (Å²) in [4.78, 5) is 25.8. The Morgan fingerprint density at radius 3 is 2.82 bits per heavy atom. The molecule has 1 aliphatic rings. The maximum absolute atomic E-state index is 12.8. The minimum Gasteiger partial charge on any atom is -0.370 e. The highest BCUT2D eigenvalue weighted by atomic mass is 16.2. The molecule has 5 heteroatoms. The highest BCUT2D eigenvalue weighted by molar-refractivity contribution is 5.98. The maximum Gasteiger partial charge on any atom is 0.270 e. The number of nitrogens with zero attached hydrogens (tertiary/aromatic N) is 2. The van der Waals surface area contributed by atoms with E-state index < -0.39 is 0 Å². The summed E-state index contributed by atoms with van der Waals surface area (Å²) in [6.07, 6.45) is 2.24. The first kappa shape index (κ1) is 14.6. The highest BCUT2D eigenvalue weighted by Crippen LogP contribution is 2.24. The van der Waals surface area contributed by atoms with Crippen LogP contribution in [-0.4, -0.2) is 34.4 Å². The third kappa shape index (κ3) is 2.71. The van der Waals surface area contributed by atoms with Crippen LogP contribution < -0.4 is 5.73 Å². The van der Waals surface area contributed by atoms with Gasteiger partial charge in [-0.05, 0) is 30.9 Å². The summed E-state index contributed by atoms with van der Waals surface area (Å²) in [7, 11) is 1.92. The molecule has 2 aromatic rings. The lowest BCUT2D eigenvalue weighted by molar-refractivity contribution is -0.119. The minimum absolute atomic E-state index is 0.0351. The summed E-state index contributed by atoms with van der Waals surface area (Å²) in [6.45, 7) is 1.36. The monoisotopic (exact) mass is 299 g/mol. The van der Waals surface area contributed by atoms with E-state index >= 15 is 0 Å². The number of aryl methyl sites for hydroxylation is 1. The molecule has 1 unspecified atom stereocenters. The quantitative estimate of drug-likeness (QED) is 0.940. The Hall–Kier alpha value is -2.30. The molecule has 1 atom stereocenters. The van der Waals surface area contributed by atoms with Gasteiger partial charge in [0, 0.05) is 37.5 Å². The molecule has 2 heterocycles. The van der Waals surface area contributed by atoms with Crippen molar-refractivity contribution in [2.75, 3.05) is 13.1 Å². The molecule has 0 saturated carbocycles. The van der Waals surface area contributed by atoms with Gasteiger partial charge in [-0.2, -0.15) is 0 Å². The van der Waals surface area contributed by atoms with Gasteiger partial charge in [0.2, 0.25) is 5.91 Å². The molecule has 0 spiro atoms. The number of nitrogens with two attached hydrogens (primary N) is 1. The summed E-state index contributed by atoms with van der Waals surface area (Å²) < 4.78 is 1.94. The fourth-order valence-electron chi connectivity index (χ4n) is 3.36. The van der Waals surface area contributed by atoms with Crippen LogP contribution in [0.3, 0.4) is 0 Å². The predicted octanol–water partition coefficient (Wildman–Crippen LogP) is 1.91. The molecule has 2 N–H and O–H groups in total. The minimum atomic E-state index is -0.288. The van der Waals surface area contributed by atoms with E-state index in [4.69, 9.17) is 5.73 Å². The second-order valence-corrected chi connectivity index (χ2v) is 6.08. The highest BCUT2D eigenvalue weighted by Gasteiger charge is 2.27. The van der Waals surface area contributed by atoms with Gasteiger partial charge in [0.15, 0.2) is 0 Å². The van der Waals surface area contributed by atoms with Crippen LogP contribution in [0, 0.1) is 5.92 Å². The standard InChI is InChI=1S/C17H21N3O2/c1-19-14-7-3-2-6-13(14)10-15(19)17(22)20-8-4-5-12(11-20)9-16(18)21/h2-3,6-7,10,12H,4-5,8-9,11H2,1H3,(H2,18,21). The number of hydrogen-bond donors (Lipinski definition) is 1. The molecule has 1 aromatic carbocycles. The van der Waals surface area contributed by atoms with Crippen LogP contribution in [0.2, 0.25) is 0 Å². The van der Waals surface area contributed by atoms with E-state index in [2.05, 4.69) is 0 Å². The normalized spacial score (nSPS) is 18.6. The van der Waals surface area contributed by atoms with Gasteiger partial charge in [0.05, 0.1) is 0 Å². The number of amides is 2. The molecule has 1 aliphatic heterocycles. The molecule has 2 amide bonds. The van der Waals surface area contributed by atoms with Gasteiger partial charge in [-0.25, -0.2) is 0 Å². The summed E-state index contributed by atoms with van der Waals surface area (Å²) in [6, 6.07) is 9.91. The van der Waals surface area contributed by atoms with Crippen LogP contribution in [0.4, 0.5) is 0 Å². The summed E-state index contributed by atoms with van der Waals surface area (Å²) >= 11 is 0. The first-order valence-electron chi connectivity index (χ1n) is 7.68. The van der Waals surface area contributed by atoms with Crippen molar-refractivity contribution in [1.82, 2.24) is 9.47 Å². The van der Waals surface area contributed by atoms with E-state index in [0.29, 0.717) is 18.7 Å². The van der Waals surface area contributed by atoms with Gasteiger partial charge in [0.1, 0.15) is 5.69 Å². The van der Waals surface area contributed by atoms with Crippen LogP contribution in [0.1, 0.15) is 29.8 Å². The lowest BCUT2D eigenvalue weighted by Gasteiger charge is -2.32. The largest absolute Gasteiger partial charge is 0.370 e. The van der Waals surface area contributed by atoms with Crippen molar-refractivity contribution >= 4 is 22.7 Å². The van der Waals surface area contributed by atoms with Gasteiger partial charge in [-0.3, -0.25) is 9.59 Å². The summed E-state index contributed by atoms with van der Waals surface area (Å²) in [5.41, 5.74) is 7.03. The molecule has 0 bridgehead atoms. The van der Waals surface area contributed by atoms with Crippen molar-refractivity contribution in [3.8, 4) is 0 Å². The van der Waals surface area contributed by atoms with Gasteiger partial charge in [-0.15, -0.1) is 0 Å². The van der Waals surface area contributed by atoms with E-state index in [1.165, 1.54) is 0 Å². The number of fused-ring (bicyclic) bond motifs is 1. The first-order chi connectivity index (χ1) is 10.6. The zero-order chi connectivity index (χ0) is 15.7. The van der Waals surface area contributed by atoms with Crippen molar-refractivity contribution in [3.05, 3.63) is 36.0 Å². The van der Waals surface area contributed by atoms with Crippen molar-refractivity contribution in [3.63, 3.8) is 0 Å². The first-order valence-corrected chi connectivity index (χ1v) is 7.68. The smallest absolute Gasteiger partial charge is 0.270 e. The van der Waals surface area contributed by atoms with Crippen LogP contribution in [0.25, 0.3) is 10.9 Å². The fraction of sp³-hybridized carbons (Fsp3) is 0.412. The second-order valence-electron chi connectivity index (χ2n) is 6.08. The topological polar surface area (TPSA) is 68.3 Å². The number of likely N-dealkylation sites (tertiary alicyclic amines) is 1. The lowest BCUT2D eigenvalue weighted by atomic mass is 9.94. The van der Waals surface area contributed by atoms with Gasteiger partial charge in [-0.1, -0.05) is 18.2 Å². The zero-order valence-electron chi connectivity index (χ0n) is 12.8. The summed E-state index contributed by atoms with van der Waals surface area (Å²) in [5, 5.41) is 1.07. The Morgan fingerprint density at radius 2 is 2.09 bits per heavy atom. The second kappa shape index (κ2) is 5.83. The fourth-order valence-corrected chi connectivity index (χ4v) is 3.36. The molecule has 3 rings (SSSR count). The van der Waals surface area contributed by atoms with E-state index in [1.54, 1.807) is 0 Å². The number of hydrogen-bond acceptors (Lipinski definition) is 2. The number of carbonyl (C=O) groups is 2. The van der Waals surface area contributed by atoms with Gasteiger partial charge >= 0.3 is 0 Å². The van der Waals surface area contributed by atoms with E-state index in [1.807, 2.05) is 46.8 Å². The van der Waals surface area contributed by atoms with Crippen LogP contribution in [0.15, 0.2) is 30.3 Å². The third-order valence-electron chi connectivity index (χ3n) is 4.47. The molecule has 1 fully saturated rings. The average Bonchev–Trinajstić information content (AvgIpc) is 2.84. The Bertz CT molecular complexity index is 720. The molecule has 5 nitrogen and oxygen atoms in total. The molecule has 22 heavy (non-hydrogen) atoms. The Kier molecular flexibility index (Phi) is 3.88. The van der Waals surface area contributed by atoms with E-state index in [-0.39, 0.29) is 17.7 Å². The van der Waals surface area contributed by atoms with Crippen LogP contribution in [0.5, 0.6) is 0 Å². The van der Waals surface area contributed by atoms with Gasteiger partial charge < -0.3 is 15.2 Å². The Morgan fingerprint density at radius 1 is 1.32 bits per heavy atom. The molecular formula is C17H21N3O2. The van der Waals surface area contributed by atoms with Crippen molar-refractivity contribution in [1.29, 1.82) is 0 Å². The van der Waals surface area contributed by atoms with Crippen molar-refractivity contribution in [2.45, 2.75) is 19.3 Å². The van der Waals surface area contributed by atoms with E-state index in [0.717, 1.165) is 30.3 Å². The number of para-hydroxylation sites is 1. The number of aromatic nitrogens is 1. The summed E-state index contributed by atoms with van der Waals surface area (Å²) in [5.74, 6) is -0.0679. The van der Waals surface area contributed by atoms with Crippen LogP contribution >= 0.6 is 0 Å². The van der Waals surface area contributed by atoms with Gasteiger partial charge in [0.25, 0.3) is 5.91 Å². The molecule has 0 radical (unpaired) electrons. The predicted molar refractivity (Wildman–Crippen MR) is 85.4 cm³/mol. The Labute approximate surface area is 129 Å². The molecule has 1 aromatic heterocycles. The van der Waals surface area contributed by atoms with Crippen molar-refractivity contribution in [2.24, 2.45) is 18.7 Å².